The van der Waals surface area contributed by atoms with Gasteiger partial charge in [0, 0.05) is 12.3 Å². The van der Waals surface area contributed by atoms with Crippen LogP contribution in [0.3, 0.4) is 0 Å². The van der Waals surface area contributed by atoms with Crippen molar-refractivity contribution >= 4 is 17.6 Å². The van der Waals surface area contributed by atoms with Gasteiger partial charge in [-0.3, -0.25) is 4.79 Å². The largest absolute Gasteiger partial charge is 0.482 e. The highest BCUT2D eigenvalue weighted by Gasteiger charge is 2.33. The van der Waals surface area contributed by atoms with Crippen LogP contribution in [-0.4, -0.2) is 35.8 Å². The SMILES string of the molecule is CCCCCC(C)(OCCC)C(=O)Nc1ccc(OCC(=O)O)cc1. The minimum absolute atomic E-state index is 0.170. The second-order valence-electron chi connectivity index (χ2n) is 6.20. The second-order valence-corrected chi connectivity index (χ2v) is 6.20. The topological polar surface area (TPSA) is 84.9 Å². The Morgan fingerprint density at radius 3 is 2.36 bits per heavy atom. The minimum atomic E-state index is -1.03. The first-order valence-corrected chi connectivity index (χ1v) is 8.81. The molecule has 1 aromatic rings. The molecule has 0 saturated heterocycles. The van der Waals surface area contributed by atoms with Gasteiger partial charge in [0.2, 0.25) is 0 Å². The van der Waals surface area contributed by atoms with Crippen LogP contribution in [0.2, 0.25) is 0 Å². The van der Waals surface area contributed by atoms with Crippen molar-refractivity contribution in [1.29, 1.82) is 0 Å². The zero-order valence-electron chi connectivity index (χ0n) is 15.3. The van der Waals surface area contributed by atoms with E-state index in [4.69, 9.17) is 14.6 Å². The lowest BCUT2D eigenvalue weighted by Gasteiger charge is -2.28. The molecule has 0 aliphatic carbocycles. The van der Waals surface area contributed by atoms with Crippen LogP contribution in [0, 0.1) is 0 Å². The molecule has 1 atom stereocenters. The molecule has 1 unspecified atom stereocenters. The number of anilines is 1. The maximum atomic E-state index is 12.7. The molecule has 0 aliphatic rings. The van der Waals surface area contributed by atoms with E-state index < -0.39 is 18.2 Å². The smallest absolute Gasteiger partial charge is 0.341 e. The predicted molar refractivity (Wildman–Crippen MR) is 97.0 cm³/mol. The highest BCUT2D eigenvalue weighted by Crippen LogP contribution is 2.23. The van der Waals surface area contributed by atoms with Crippen LogP contribution in [0.4, 0.5) is 5.69 Å². The molecule has 1 aromatic carbocycles. The summed E-state index contributed by atoms with van der Waals surface area (Å²) in [7, 11) is 0. The summed E-state index contributed by atoms with van der Waals surface area (Å²) in [5, 5.41) is 11.5. The van der Waals surface area contributed by atoms with E-state index in [0.717, 1.165) is 25.7 Å². The Balaban J connectivity index is 2.69. The minimum Gasteiger partial charge on any atom is -0.482 e. The number of carbonyl (C=O) groups excluding carboxylic acids is 1. The number of ether oxygens (including phenoxy) is 2. The van der Waals surface area contributed by atoms with Gasteiger partial charge >= 0.3 is 5.97 Å². The Morgan fingerprint density at radius 2 is 1.80 bits per heavy atom. The number of benzene rings is 1. The molecule has 2 N–H and O–H groups in total. The molecule has 25 heavy (non-hydrogen) atoms. The molecule has 0 aromatic heterocycles. The van der Waals surface area contributed by atoms with Gasteiger partial charge in [0.25, 0.3) is 5.91 Å². The fraction of sp³-hybridized carbons (Fsp3) is 0.579. The molecule has 1 rings (SSSR count). The van der Waals surface area contributed by atoms with Gasteiger partial charge in [-0.1, -0.05) is 33.1 Å². The van der Waals surface area contributed by atoms with Crippen LogP contribution in [-0.2, 0) is 14.3 Å². The van der Waals surface area contributed by atoms with Gasteiger partial charge in [-0.2, -0.15) is 0 Å². The number of hydrogen-bond acceptors (Lipinski definition) is 4. The molecule has 0 heterocycles. The van der Waals surface area contributed by atoms with Gasteiger partial charge in [-0.05, 0) is 44.0 Å². The number of rotatable bonds is 12. The van der Waals surface area contributed by atoms with Gasteiger partial charge in [-0.25, -0.2) is 4.79 Å². The van der Waals surface area contributed by atoms with E-state index in [1.54, 1.807) is 24.3 Å². The standard InChI is InChI=1S/C19H29NO5/c1-4-6-7-12-19(3,25-13-5-2)18(23)20-15-8-10-16(11-9-15)24-14-17(21)22/h8-11H,4-7,12-14H2,1-3H3,(H,20,23)(H,21,22). The van der Waals surface area contributed by atoms with E-state index in [1.807, 2.05) is 13.8 Å². The molecule has 6 heteroatoms. The molecule has 6 nitrogen and oxygen atoms in total. The van der Waals surface area contributed by atoms with E-state index in [1.165, 1.54) is 0 Å². The van der Waals surface area contributed by atoms with Gasteiger partial charge in [0.15, 0.2) is 6.61 Å². The first-order chi connectivity index (χ1) is 11.9. The third kappa shape index (κ3) is 7.56. The molecule has 1 amide bonds. The summed E-state index contributed by atoms with van der Waals surface area (Å²) in [5.41, 5.74) is -0.238. The zero-order valence-corrected chi connectivity index (χ0v) is 15.3. The van der Waals surface area contributed by atoms with Crippen LogP contribution < -0.4 is 10.1 Å². The Kier molecular flexibility index (Phi) is 8.99. The van der Waals surface area contributed by atoms with E-state index in [-0.39, 0.29) is 5.91 Å². The average Bonchev–Trinajstić information content (AvgIpc) is 2.59. The van der Waals surface area contributed by atoms with E-state index >= 15 is 0 Å². The fourth-order valence-electron chi connectivity index (χ4n) is 2.33. The number of unbranched alkanes of at least 4 members (excludes halogenated alkanes) is 2. The summed E-state index contributed by atoms with van der Waals surface area (Å²) in [6, 6.07) is 6.61. The highest BCUT2D eigenvalue weighted by atomic mass is 16.5. The van der Waals surface area contributed by atoms with Crippen LogP contribution >= 0.6 is 0 Å². The lowest BCUT2D eigenvalue weighted by molar-refractivity contribution is -0.140. The predicted octanol–water partition coefficient (Wildman–Crippen LogP) is 3.85. The summed E-state index contributed by atoms with van der Waals surface area (Å²) in [5.74, 6) is -0.766. The first kappa shape index (κ1) is 21.0. The lowest BCUT2D eigenvalue weighted by atomic mass is 9.96. The van der Waals surface area contributed by atoms with Crippen LogP contribution in [0.5, 0.6) is 5.75 Å². The van der Waals surface area contributed by atoms with Crippen molar-refractivity contribution in [3.63, 3.8) is 0 Å². The van der Waals surface area contributed by atoms with Gasteiger partial charge in [-0.15, -0.1) is 0 Å². The van der Waals surface area contributed by atoms with Gasteiger partial charge in [0.05, 0.1) is 0 Å². The van der Waals surface area contributed by atoms with Gasteiger partial charge < -0.3 is 19.9 Å². The van der Waals surface area contributed by atoms with Gasteiger partial charge in [0.1, 0.15) is 11.4 Å². The molecule has 0 aliphatic heterocycles. The molecule has 0 spiro atoms. The van der Waals surface area contributed by atoms with Crippen molar-refractivity contribution in [2.24, 2.45) is 0 Å². The third-order valence-electron chi connectivity index (χ3n) is 3.84. The quantitative estimate of drug-likeness (QED) is 0.559. The van der Waals surface area contributed by atoms with Crippen molar-refractivity contribution in [2.45, 2.75) is 58.5 Å². The van der Waals surface area contributed by atoms with Crippen LogP contribution in [0.1, 0.15) is 52.9 Å². The maximum Gasteiger partial charge on any atom is 0.341 e. The second kappa shape index (κ2) is 10.7. The monoisotopic (exact) mass is 351 g/mol. The normalized spacial score (nSPS) is 13.1. The summed E-state index contributed by atoms with van der Waals surface area (Å²) < 4.78 is 10.9. The van der Waals surface area contributed by atoms with Crippen LogP contribution in [0.15, 0.2) is 24.3 Å². The number of carbonyl (C=O) groups is 2. The first-order valence-electron chi connectivity index (χ1n) is 8.81. The summed E-state index contributed by atoms with van der Waals surface area (Å²) in [6.07, 6.45) is 4.61. The molecular weight excluding hydrogens is 322 g/mol. The zero-order chi connectivity index (χ0) is 18.7. The fourth-order valence-corrected chi connectivity index (χ4v) is 2.33. The maximum absolute atomic E-state index is 12.7. The molecule has 0 fully saturated rings. The number of hydrogen-bond donors (Lipinski definition) is 2. The molecule has 0 radical (unpaired) electrons. The molecule has 140 valence electrons. The Hall–Kier alpha value is -2.08. The number of carboxylic acid groups (broad SMARTS) is 1. The number of carboxylic acids is 1. The number of nitrogens with one attached hydrogen (secondary N) is 1. The highest BCUT2D eigenvalue weighted by molar-refractivity contribution is 5.97. The molecular formula is C19H29NO5. The average molecular weight is 351 g/mol. The number of aliphatic carboxylic acids is 1. The van der Waals surface area contributed by atoms with Crippen molar-refractivity contribution in [3.8, 4) is 5.75 Å². The number of amides is 1. The Labute approximate surface area is 149 Å². The Morgan fingerprint density at radius 1 is 1.12 bits per heavy atom. The summed E-state index contributed by atoms with van der Waals surface area (Å²) in [4.78, 5) is 23.2. The van der Waals surface area contributed by atoms with E-state index in [2.05, 4.69) is 12.2 Å². The molecule has 0 saturated carbocycles. The van der Waals surface area contributed by atoms with Crippen molar-refractivity contribution in [2.75, 3.05) is 18.5 Å². The Bertz CT molecular complexity index is 543. The van der Waals surface area contributed by atoms with Crippen molar-refractivity contribution < 1.29 is 24.2 Å². The van der Waals surface area contributed by atoms with E-state index in [0.29, 0.717) is 24.5 Å². The summed E-state index contributed by atoms with van der Waals surface area (Å²) >= 11 is 0. The third-order valence-corrected chi connectivity index (χ3v) is 3.84. The molecule has 0 bridgehead atoms. The van der Waals surface area contributed by atoms with E-state index in [9.17, 15) is 9.59 Å². The lowest BCUT2D eigenvalue weighted by Crippen LogP contribution is -2.43. The van der Waals surface area contributed by atoms with Crippen molar-refractivity contribution in [1.82, 2.24) is 0 Å². The van der Waals surface area contributed by atoms with Crippen LogP contribution in [0.25, 0.3) is 0 Å². The van der Waals surface area contributed by atoms with Crippen molar-refractivity contribution in [3.05, 3.63) is 24.3 Å². The summed E-state index contributed by atoms with van der Waals surface area (Å²) in [6.45, 7) is 6.11.